The van der Waals surface area contributed by atoms with Gasteiger partial charge >= 0.3 is 0 Å². The zero-order valence-electron chi connectivity index (χ0n) is 6.85. The minimum atomic E-state index is 0.204. The summed E-state index contributed by atoms with van der Waals surface area (Å²) in [5, 5.41) is 0. The van der Waals surface area contributed by atoms with Crippen LogP contribution in [0.3, 0.4) is 0 Å². The lowest BCUT2D eigenvalue weighted by Crippen LogP contribution is -2.17. The van der Waals surface area contributed by atoms with E-state index in [1.807, 2.05) is 19.1 Å². The summed E-state index contributed by atoms with van der Waals surface area (Å²) in [6.45, 7) is 2.01. The number of hydrogen-bond donors (Lipinski definition) is 1. The summed E-state index contributed by atoms with van der Waals surface area (Å²) < 4.78 is 2.23. The smallest absolute Gasteiger partial charge is 0.0208 e. The minimum absolute atomic E-state index is 0.204. The zero-order valence-corrected chi connectivity index (χ0v) is 10.0. The highest BCUT2D eigenvalue weighted by Gasteiger charge is 2.02. The molecule has 1 atom stereocenters. The molecule has 0 amide bonds. The molecule has 1 aromatic carbocycles. The Balaban J connectivity index is 2.90. The quantitative estimate of drug-likeness (QED) is 0.891. The highest BCUT2D eigenvalue weighted by atomic mass is 79.9. The highest BCUT2D eigenvalue weighted by Crippen LogP contribution is 2.22. The Kier molecular flexibility index (Phi) is 3.75. The number of nitrogens with two attached hydrogens (primary N) is 1. The van der Waals surface area contributed by atoms with E-state index >= 15 is 0 Å². The van der Waals surface area contributed by atoms with Crippen molar-refractivity contribution in [3.05, 3.63) is 32.7 Å². The molecule has 66 valence electrons. The van der Waals surface area contributed by atoms with Crippen LogP contribution >= 0.6 is 31.9 Å². The standard InChI is InChI=1S/C9H11Br2N/c1-6(12)4-7-5-8(10)2-3-9(7)11/h2-3,5-6H,4,12H2,1H3/t6-/m1/s1. The average Bonchev–Trinajstić information content (AvgIpc) is 1.96. The first-order chi connectivity index (χ1) is 5.59. The second-order valence-corrected chi connectivity index (χ2v) is 4.69. The molecule has 1 rings (SSSR count). The number of rotatable bonds is 2. The Bertz CT molecular complexity index is 271. The third-order valence-corrected chi connectivity index (χ3v) is 2.82. The Hall–Kier alpha value is 0.140. The Morgan fingerprint density at radius 2 is 2.08 bits per heavy atom. The highest BCUT2D eigenvalue weighted by molar-refractivity contribution is 9.11. The van der Waals surface area contributed by atoms with Crippen molar-refractivity contribution in [3.63, 3.8) is 0 Å². The molecule has 0 saturated heterocycles. The van der Waals surface area contributed by atoms with Gasteiger partial charge in [0.25, 0.3) is 0 Å². The SMILES string of the molecule is C[C@@H](N)Cc1cc(Br)ccc1Br. The number of halogens is 2. The molecule has 0 radical (unpaired) electrons. The van der Waals surface area contributed by atoms with E-state index in [2.05, 4.69) is 37.9 Å². The van der Waals surface area contributed by atoms with Gasteiger partial charge in [0, 0.05) is 15.0 Å². The van der Waals surface area contributed by atoms with Crippen LogP contribution in [0.5, 0.6) is 0 Å². The lowest BCUT2D eigenvalue weighted by molar-refractivity contribution is 0.736. The Morgan fingerprint density at radius 1 is 1.42 bits per heavy atom. The van der Waals surface area contributed by atoms with Crippen LogP contribution in [0.2, 0.25) is 0 Å². The topological polar surface area (TPSA) is 26.0 Å². The number of hydrogen-bond acceptors (Lipinski definition) is 1. The molecule has 0 heterocycles. The van der Waals surface area contributed by atoms with Gasteiger partial charge in [-0.15, -0.1) is 0 Å². The zero-order chi connectivity index (χ0) is 9.14. The maximum atomic E-state index is 5.71. The fraction of sp³-hybridized carbons (Fsp3) is 0.333. The van der Waals surface area contributed by atoms with Gasteiger partial charge in [-0.25, -0.2) is 0 Å². The third kappa shape index (κ3) is 2.88. The summed E-state index contributed by atoms with van der Waals surface area (Å²) in [6, 6.07) is 6.33. The molecule has 0 bridgehead atoms. The van der Waals surface area contributed by atoms with Gasteiger partial charge in [-0.3, -0.25) is 0 Å². The molecule has 1 nitrogen and oxygen atoms in total. The van der Waals surface area contributed by atoms with Gasteiger partial charge in [0.05, 0.1) is 0 Å². The van der Waals surface area contributed by atoms with Crippen LogP contribution < -0.4 is 5.73 Å². The van der Waals surface area contributed by atoms with Crippen LogP contribution in [-0.2, 0) is 6.42 Å². The summed E-state index contributed by atoms with van der Waals surface area (Å²) >= 11 is 6.91. The molecular formula is C9H11Br2N. The molecule has 2 N–H and O–H groups in total. The van der Waals surface area contributed by atoms with Crippen LogP contribution in [0.1, 0.15) is 12.5 Å². The summed E-state index contributed by atoms with van der Waals surface area (Å²) in [6.07, 6.45) is 0.903. The molecule has 12 heavy (non-hydrogen) atoms. The largest absolute Gasteiger partial charge is 0.328 e. The summed E-state index contributed by atoms with van der Waals surface area (Å²) in [5.74, 6) is 0. The molecule has 0 spiro atoms. The Morgan fingerprint density at radius 3 is 2.67 bits per heavy atom. The van der Waals surface area contributed by atoms with Gasteiger partial charge in [-0.2, -0.15) is 0 Å². The lowest BCUT2D eigenvalue weighted by atomic mass is 10.1. The van der Waals surface area contributed by atoms with Crippen LogP contribution in [0.15, 0.2) is 27.1 Å². The van der Waals surface area contributed by atoms with Gasteiger partial charge in [0.15, 0.2) is 0 Å². The second-order valence-electron chi connectivity index (χ2n) is 2.92. The molecule has 0 aliphatic carbocycles. The first-order valence-corrected chi connectivity index (χ1v) is 5.37. The monoisotopic (exact) mass is 291 g/mol. The molecule has 3 heteroatoms. The van der Waals surface area contributed by atoms with Crippen molar-refractivity contribution in [2.24, 2.45) is 5.73 Å². The van der Waals surface area contributed by atoms with E-state index in [4.69, 9.17) is 5.73 Å². The van der Waals surface area contributed by atoms with E-state index < -0.39 is 0 Å². The summed E-state index contributed by atoms with van der Waals surface area (Å²) in [4.78, 5) is 0. The molecule has 0 fully saturated rings. The second kappa shape index (κ2) is 4.40. The van der Waals surface area contributed by atoms with Crippen molar-refractivity contribution in [2.75, 3.05) is 0 Å². The average molecular weight is 293 g/mol. The molecule has 1 aromatic rings. The maximum Gasteiger partial charge on any atom is 0.0208 e. The summed E-state index contributed by atoms with van der Waals surface area (Å²) in [7, 11) is 0. The minimum Gasteiger partial charge on any atom is -0.328 e. The van der Waals surface area contributed by atoms with Gasteiger partial charge in [0.2, 0.25) is 0 Å². The first kappa shape index (κ1) is 10.2. The van der Waals surface area contributed by atoms with Crippen LogP contribution in [0.4, 0.5) is 0 Å². The van der Waals surface area contributed by atoms with E-state index in [0.717, 1.165) is 15.4 Å². The van der Waals surface area contributed by atoms with E-state index in [1.54, 1.807) is 0 Å². The van der Waals surface area contributed by atoms with E-state index in [0.29, 0.717) is 0 Å². The van der Waals surface area contributed by atoms with Gasteiger partial charge < -0.3 is 5.73 Å². The molecular weight excluding hydrogens is 282 g/mol. The fourth-order valence-electron chi connectivity index (χ4n) is 1.05. The van der Waals surface area contributed by atoms with Crippen molar-refractivity contribution in [3.8, 4) is 0 Å². The maximum absolute atomic E-state index is 5.71. The Labute approximate surface area is 89.6 Å². The van der Waals surface area contributed by atoms with Crippen LogP contribution in [-0.4, -0.2) is 6.04 Å². The molecule has 0 aliphatic heterocycles. The molecule has 0 aliphatic rings. The molecule has 0 unspecified atom stereocenters. The van der Waals surface area contributed by atoms with Crippen molar-refractivity contribution in [2.45, 2.75) is 19.4 Å². The summed E-state index contributed by atoms with van der Waals surface area (Å²) in [5.41, 5.74) is 6.96. The molecule has 0 saturated carbocycles. The van der Waals surface area contributed by atoms with Gasteiger partial charge in [0.1, 0.15) is 0 Å². The molecule has 0 aromatic heterocycles. The first-order valence-electron chi connectivity index (χ1n) is 3.79. The van der Waals surface area contributed by atoms with Gasteiger partial charge in [-0.05, 0) is 37.1 Å². The van der Waals surface area contributed by atoms with Crippen LogP contribution in [0, 0.1) is 0 Å². The van der Waals surface area contributed by atoms with E-state index in [9.17, 15) is 0 Å². The van der Waals surface area contributed by atoms with E-state index in [1.165, 1.54) is 5.56 Å². The van der Waals surface area contributed by atoms with E-state index in [-0.39, 0.29) is 6.04 Å². The van der Waals surface area contributed by atoms with Crippen molar-refractivity contribution in [1.82, 2.24) is 0 Å². The lowest BCUT2D eigenvalue weighted by Gasteiger charge is -2.07. The predicted octanol–water partition coefficient (Wildman–Crippen LogP) is 3.10. The van der Waals surface area contributed by atoms with Crippen molar-refractivity contribution >= 4 is 31.9 Å². The van der Waals surface area contributed by atoms with Crippen LogP contribution in [0.25, 0.3) is 0 Å². The fourth-order valence-corrected chi connectivity index (χ4v) is 1.86. The number of benzene rings is 1. The third-order valence-electron chi connectivity index (χ3n) is 1.55. The van der Waals surface area contributed by atoms with Crippen molar-refractivity contribution < 1.29 is 0 Å². The predicted molar refractivity (Wildman–Crippen MR) is 59.2 cm³/mol. The normalized spacial score (nSPS) is 13.0. The van der Waals surface area contributed by atoms with Crippen molar-refractivity contribution in [1.29, 1.82) is 0 Å². The van der Waals surface area contributed by atoms with Gasteiger partial charge in [-0.1, -0.05) is 31.9 Å².